The minimum absolute atomic E-state index is 0.138. The van der Waals surface area contributed by atoms with E-state index in [9.17, 15) is 0 Å². The van der Waals surface area contributed by atoms with Crippen molar-refractivity contribution in [2.45, 2.75) is 26.3 Å². The zero-order chi connectivity index (χ0) is 11.4. The molecule has 1 saturated heterocycles. The summed E-state index contributed by atoms with van der Waals surface area (Å²) in [5.74, 6) is 0.153. The lowest BCUT2D eigenvalue weighted by molar-refractivity contribution is -0.0823. The Kier molecular flexibility index (Phi) is 12.2. The van der Waals surface area contributed by atoms with E-state index in [1.165, 1.54) is 0 Å². The molecule has 0 radical (unpaired) electrons. The van der Waals surface area contributed by atoms with Gasteiger partial charge in [-0.3, -0.25) is 0 Å². The fraction of sp³-hybridized carbons (Fsp3) is 1.00. The number of hydrogen-bond acceptors (Lipinski definition) is 4. The molecule has 4 nitrogen and oxygen atoms in total. The molecule has 0 aromatic rings. The van der Waals surface area contributed by atoms with Crippen LogP contribution in [-0.4, -0.2) is 54.9 Å². The summed E-state index contributed by atoms with van der Waals surface area (Å²) in [6.45, 7) is 11.6. The summed E-state index contributed by atoms with van der Waals surface area (Å²) >= 11 is 0. The van der Waals surface area contributed by atoms with Crippen LogP contribution in [0.3, 0.4) is 0 Å². The highest BCUT2D eigenvalue weighted by molar-refractivity contribution is 6.34. The topological polar surface area (TPSA) is 39.7 Å². The molecular weight excluding hydrogens is 210 g/mol. The number of morpholine rings is 1. The third-order valence-electron chi connectivity index (χ3n) is 1.88. The Bertz CT molecular complexity index is 106. The molecule has 1 aliphatic heterocycles. The van der Waals surface area contributed by atoms with Crippen molar-refractivity contribution in [2.24, 2.45) is 0 Å². The molecule has 15 heavy (non-hydrogen) atoms. The lowest BCUT2D eigenvalue weighted by atomic mass is 10.5. The van der Waals surface area contributed by atoms with Gasteiger partial charge < -0.3 is 19.5 Å². The molecule has 0 amide bonds. The van der Waals surface area contributed by atoms with E-state index in [0.717, 1.165) is 39.5 Å². The monoisotopic (exact) mass is 235 g/mol. The molecule has 1 aliphatic rings. The molecular formula is C10H25NO3Si. The standard InChI is InChI=1S/C6H16O2Si.C4H9NO/c1-4-7-6(9-3)8-5-2;1-3-6-4-2-5-1/h6H,4-5,9H2,1-3H3;5H,1-4H2. The van der Waals surface area contributed by atoms with Crippen molar-refractivity contribution < 1.29 is 14.2 Å². The van der Waals surface area contributed by atoms with E-state index in [1.807, 2.05) is 13.8 Å². The SMILES string of the molecule is C1COCCN1.CCOC(OCC)[SiH2]C. The second kappa shape index (κ2) is 12.1. The van der Waals surface area contributed by atoms with Gasteiger partial charge in [0.2, 0.25) is 0 Å². The summed E-state index contributed by atoms with van der Waals surface area (Å²) in [5, 5.41) is 3.16. The van der Waals surface area contributed by atoms with E-state index in [0.29, 0.717) is 0 Å². The number of rotatable bonds is 5. The smallest absolute Gasteiger partial charge is 0.134 e. The van der Waals surface area contributed by atoms with Crippen molar-refractivity contribution in [1.82, 2.24) is 5.32 Å². The third-order valence-corrected chi connectivity index (χ3v) is 3.02. The molecule has 0 aromatic heterocycles. The highest BCUT2D eigenvalue weighted by Crippen LogP contribution is 1.91. The normalized spacial score (nSPS) is 16.8. The summed E-state index contributed by atoms with van der Waals surface area (Å²) in [6.07, 6.45) is 0. The number of ether oxygens (including phenoxy) is 3. The minimum atomic E-state index is -0.138. The van der Waals surface area contributed by atoms with Gasteiger partial charge in [-0.1, -0.05) is 6.55 Å². The second-order valence-electron chi connectivity index (χ2n) is 3.11. The average Bonchev–Trinajstić information content (AvgIpc) is 2.32. The maximum absolute atomic E-state index is 5.27. The van der Waals surface area contributed by atoms with Crippen molar-refractivity contribution in [3.63, 3.8) is 0 Å². The molecule has 0 saturated carbocycles. The van der Waals surface area contributed by atoms with Crippen LogP contribution in [0.5, 0.6) is 0 Å². The summed E-state index contributed by atoms with van der Waals surface area (Å²) in [5.41, 5.74) is 0. The van der Waals surface area contributed by atoms with Crippen LogP contribution in [0.25, 0.3) is 0 Å². The van der Waals surface area contributed by atoms with Crippen LogP contribution in [0.15, 0.2) is 0 Å². The fourth-order valence-electron chi connectivity index (χ4n) is 1.17. The highest BCUT2D eigenvalue weighted by atomic mass is 28.2. The van der Waals surface area contributed by atoms with Crippen molar-refractivity contribution in [1.29, 1.82) is 0 Å². The molecule has 0 aliphatic carbocycles. The zero-order valence-corrected chi connectivity index (χ0v) is 11.7. The summed E-state index contributed by atoms with van der Waals surface area (Å²) in [6, 6.07) is 0. The van der Waals surface area contributed by atoms with Gasteiger partial charge in [0.15, 0.2) is 0 Å². The third kappa shape index (κ3) is 10.3. The molecule has 1 N–H and O–H groups in total. The predicted octanol–water partition coefficient (Wildman–Crippen LogP) is 0.166. The fourth-order valence-corrected chi connectivity index (χ4v) is 2.11. The Morgan fingerprint density at radius 1 is 1.20 bits per heavy atom. The molecule has 0 atom stereocenters. The summed E-state index contributed by atoms with van der Waals surface area (Å²) in [4.78, 5) is 0. The van der Waals surface area contributed by atoms with E-state index in [4.69, 9.17) is 14.2 Å². The van der Waals surface area contributed by atoms with Crippen molar-refractivity contribution in [2.75, 3.05) is 39.5 Å². The Morgan fingerprint density at radius 3 is 1.93 bits per heavy atom. The molecule has 5 heteroatoms. The largest absolute Gasteiger partial charge is 0.379 e. The van der Waals surface area contributed by atoms with Crippen LogP contribution >= 0.6 is 0 Å². The Morgan fingerprint density at radius 2 is 1.73 bits per heavy atom. The number of nitrogens with one attached hydrogen (secondary N) is 1. The van der Waals surface area contributed by atoms with Crippen molar-refractivity contribution >= 4 is 9.52 Å². The zero-order valence-electron chi connectivity index (χ0n) is 10.3. The molecule has 92 valence electrons. The van der Waals surface area contributed by atoms with Crippen LogP contribution in [0, 0.1) is 0 Å². The van der Waals surface area contributed by atoms with Gasteiger partial charge in [-0.25, -0.2) is 0 Å². The van der Waals surface area contributed by atoms with Gasteiger partial charge in [-0.2, -0.15) is 0 Å². The first-order chi connectivity index (χ1) is 7.35. The molecule has 1 fully saturated rings. The minimum Gasteiger partial charge on any atom is -0.379 e. The molecule has 0 spiro atoms. The Labute approximate surface area is 95.5 Å². The maximum atomic E-state index is 5.27. The molecule has 1 heterocycles. The van der Waals surface area contributed by atoms with E-state index in [1.54, 1.807) is 0 Å². The first-order valence-electron chi connectivity index (χ1n) is 5.86. The van der Waals surface area contributed by atoms with Crippen molar-refractivity contribution in [3.8, 4) is 0 Å². The highest BCUT2D eigenvalue weighted by Gasteiger charge is 2.01. The van der Waals surface area contributed by atoms with E-state index >= 15 is 0 Å². The predicted molar refractivity (Wildman–Crippen MR) is 65.1 cm³/mol. The molecule has 0 bridgehead atoms. The van der Waals surface area contributed by atoms with Gasteiger partial charge in [0.05, 0.1) is 22.7 Å². The Hall–Kier alpha value is 0.0569. The second-order valence-corrected chi connectivity index (χ2v) is 4.59. The van der Waals surface area contributed by atoms with Gasteiger partial charge in [0.1, 0.15) is 5.91 Å². The van der Waals surface area contributed by atoms with Crippen LogP contribution in [0.2, 0.25) is 6.55 Å². The summed E-state index contributed by atoms with van der Waals surface area (Å²) < 4.78 is 15.5. The molecule has 1 rings (SSSR count). The lowest BCUT2D eigenvalue weighted by Crippen LogP contribution is -2.30. The van der Waals surface area contributed by atoms with Crippen molar-refractivity contribution in [3.05, 3.63) is 0 Å². The molecule has 0 unspecified atom stereocenters. The van der Waals surface area contributed by atoms with Crippen LogP contribution in [0.1, 0.15) is 13.8 Å². The number of hydrogen-bond donors (Lipinski definition) is 1. The van der Waals surface area contributed by atoms with E-state index in [2.05, 4.69) is 11.9 Å². The first kappa shape index (κ1) is 15.1. The molecule has 0 aromatic carbocycles. The van der Waals surface area contributed by atoms with E-state index < -0.39 is 0 Å². The van der Waals surface area contributed by atoms with Gasteiger partial charge in [0, 0.05) is 26.3 Å². The lowest BCUT2D eigenvalue weighted by Gasteiger charge is -2.13. The van der Waals surface area contributed by atoms with Crippen LogP contribution in [0.4, 0.5) is 0 Å². The van der Waals surface area contributed by atoms with E-state index in [-0.39, 0.29) is 15.4 Å². The summed E-state index contributed by atoms with van der Waals surface area (Å²) in [7, 11) is -0.138. The quantitative estimate of drug-likeness (QED) is 0.544. The first-order valence-corrected chi connectivity index (χ1v) is 8.09. The van der Waals surface area contributed by atoms with Gasteiger partial charge in [-0.05, 0) is 13.8 Å². The maximum Gasteiger partial charge on any atom is 0.134 e. The van der Waals surface area contributed by atoms with Crippen LogP contribution in [-0.2, 0) is 14.2 Å². The van der Waals surface area contributed by atoms with Gasteiger partial charge >= 0.3 is 0 Å². The van der Waals surface area contributed by atoms with Crippen LogP contribution < -0.4 is 5.32 Å². The van der Waals surface area contributed by atoms with Gasteiger partial charge in [-0.15, -0.1) is 0 Å². The Balaban J connectivity index is 0.000000280. The van der Waals surface area contributed by atoms with Gasteiger partial charge in [0.25, 0.3) is 0 Å². The average molecular weight is 235 g/mol.